The third-order valence-electron chi connectivity index (χ3n) is 3.41. The molecule has 3 heteroatoms. The van der Waals surface area contributed by atoms with Gasteiger partial charge in [-0.15, -0.1) is 0 Å². The number of aliphatic carboxylic acids is 1. The monoisotopic (exact) mass is 227 g/mol. The van der Waals surface area contributed by atoms with Gasteiger partial charge in [-0.2, -0.15) is 0 Å². The molecule has 2 N–H and O–H groups in total. The molecule has 1 rings (SSSR count). The third kappa shape index (κ3) is 5.50. The number of hydrogen-bond donors (Lipinski definition) is 2. The number of hydrogen-bond acceptors (Lipinski definition) is 2. The summed E-state index contributed by atoms with van der Waals surface area (Å²) < 4.78 is 0. The Hall–Kier alpha value is -0.570. The summed E-state index contributed by atoms with van der Waals surface area (Å²) in [7, 11) is 0. The molecule has 1 saturated carbocycles. The summed E-state index contributed by atoms with van der Waals surface area (Å²) in [6.07, 6.45) is 8.79. The Bertz CT molecular complexity index is 218. The van der Waals surface area contributed by atoms with E-state index in [1.165, 1.54) is 38.5 Å². The maximum absolute atomic E-state index is 10.6. The average molecular weight is 227 g/mol. The van der Waals surface area contributed by atoms with Gasteiger partial charge in [0, 0.05) is 18.0 Å². The lowest BCUT2D eigenvalue weighted by atomic mass is 9.95. The zero-order chi connectivity index (χ0) is 12.0. The van der Waals surface area contributed by atoms with Crippen LogP contribution in [0.2, 0.25) is 0 Å². The first kappa shape index (κ1) is 13.5. The molecule has 0 heterocycles. The van der Waals surface area contributed by atoms with E-state index in [1.54, 1.807) is 0 Å². The molecule has 1 aliphatic carbocycles. The molecule has 0 radical (unpaired) electrons. The lowest BCUT2D eigenvalue weighted by Crippen LogP contribution is -2.46. The van der Waals surface area contributed by atoms with E-state index in [-0.39, 0.29) is 12.0 Å². The van der Waals surface area contributed by atoms with Crippen LogP contribution < -0.4 is 5.32 Å². The molecule has 94 valence electrons. The van der Waals surface area contributed by atoms with E-state index in [0.29, 0.717) is 12.5 Å². The summed E-state index contributed by atoms with van der Waals surface area (Å²) in [5.74, 6) is -0.698. The van der Waals surface area contributed by atoms with Gasteiger partial charge in [-0.3, -0.25) is 4.79 Å². The number of nitrogens with one attached hydrogen (secondary N) is 1. The molecule has 0 aromatic rings. The van der Waals surface area contributed by atoms with Crippen LogP contribution in [0.1, 0.15) is 65.2 Å². The van der Waals surface area contributed by atoms with Crippen LogP contribution in [0.3, 0.4) is 0 Å². The molecule has 0 bridgehead atoms. The highest BCUT2D eigenvalue weighted by Crippen LogP contribution is 2.21. The van der Waals surface area contributed by atoms with Gasteiger partial charge in [-0.1, -0.05) is 25.7 Å². The zero-order valence-corrected chi connectivity index (χ0v) is 10.6. The summed E-state index contributed by atoms with van der Waals surface area (Å²) in [6, 6.07) is 0.589. The van der Waals surface area contributed by atoms with Crippen LogP contribution in [0.4, 0.5) is 0 Å². The molecule has 3 nitrogen and oxygen atoms in total. The quantitative estimate of drug-likeness (QED) is 0.710. The van der Waals surface area contributed by atoms with Crippen molar-refractivity contribution in [3.63, 3.8) is 0 Å². The van der Waals surface area contributed by atoms with Gasteiger partial charge in [-0.05, 0) is 33.1 Å². The van der Waals surface area contributed by atoms with Crippen LogP contribution in [0.25, 0.3) is 0 Å². The predicted octanol–water partition coefficient (Wildman–Crippen LogP) is 2.94. The Labute approximate surface area is 98.6 Å². The molecule has 0 amide bonds. The largest absolute Gasteiger partial charge is 0.481 e. The molecule has 1 fully saturated rings. The zero-order valence-electron chi connectivity index (χ0n) is 10.6. The Morgan fingerprint density at radius 2 is 1.81 bits per heavy atom. The second-order valence-electron chi connectivity index (χ2n) is 5.61. The highest BCUT2D eigenvalue weighted by Gasteiger charge is 2.23. The number of rotatable bonds is 5. The molecule has 0 aromatic heterocycles. The highest BCUT2D eigenvalue weighted by molar-refractivity contribution is 5.66. The van der Waals surface area contributed by atoms with Crippen molar-refractivity contribution in [3.05, 3.63) is 0 Å². The van der Waals surface area contributed by atoms with Gasteiger partial charge < -0.3 is 10.4 Å². The second kappa shape index (κ2) is 6.24. The fraction of sp³-hybridized carbons (Fsp3) is 0.923. The second-order valence-corrected chi connectivity index (χ2v) is 5.61. The number of carboxylic acid groups (broad SMARTS) is 1. The van der Waals surface area contributed by atoms with Crippen molar-refractivity contribution in [2.75, 3.05) is 0 Å². The molecule has 0 aromatic carbocycles. The van der Waals surface area contributed by atoms with Crippen molar-refractivity contribution >= 4 is 5.97 Å². The average Bonchev–Trinajstić information content (AvgIpc) is 2.43. The van der Waals surface area contributed by atoms with E-state index in [1.807, 2.05) is 0 Å². The van der Waals surface area contributed by atoms with E-state index < -0.39 is 5.97 Å². The summed E-state index contributed by atoms with van der Waals surface area (Å²) in [6.45, 7) is 4.22. The fourth-order valence-corrected chi connectivity index (χ4v) is 2.47. The smallest absolute Gasteiger partial charge is 0.303 e. The lowest BCUT2D eigenvalue weighted by Gasteiger charge is -2.31. The van der Waals surface area contributed by atoms with E-state index in [4.69, 9.17) is 5.11 Å². The van der Waals surface area contributed by atoms with Gasteiger partial charge in [-0.25, -0.2) is 0 Å². The minimum atomic E-state index is -0.698. The molecule has 0 atom stereocenters. The summed E-state index contributed by atoms with van der Waals surface area (Å²) >= 11 is 0. The summed E-state index contributed by atoms with van der Waals surface area (Å²) in [5.41, 5.74) is -0.0482. The minimum Gasteiger partial charge on any atom is -0.481 e. The van der Waals surface area contributed by atoms with Gasteiger partial charge in [0.1, 0.15) is 0 Å². The Morgan fingerprint density at radius 1 is 1.25 bits per heavy atom. The van der Waals surface area contributed by atoms with Crippen LogP contribution in [0, 0.1) is 0 Å². The van der Waals surface area contributed by atoms with Gasteiger partial charge in [0.15, 0.2) is 0 Å². The molecule has 0 aliphatic heterocycles. The Balaban J connectivity index is 2.34. The number of carbonyl (C=O) groups is 1. The normalized spacial score (nSPS) is 19.4. The Morgan fingerprint density at radius 3 is 2.31 bits per heavy atom. The summed E-state index contributed by atoms with van der Waals surface area (Å²) in [5, 5.41) is 12.3. The minimum absolute atomic E-state index is 0.0482. The van der Waals surface area contributed by atoms with Crippen molar-refractivity contribution in [1.82, 2.24) is 5.32 Å². The Kier molecular flexibility index (Phi) is 5.26. The van der Waals surface area contributed by atoms with E-state index in [2.05, 4.69) is 19.2 Å². The molecular weight excluding hydrogens is 202 g/mol. The molecule has 0 saturated heterocycles. The first-order chi connectivity index (χ1) is 7.49. The maximum atomic E-state index is 10.6. The van der Waals surface area contributed by atoms with Crippen LogP contribution in [0.15, 0.2) is 0 Å². The van der Waals surface area contributed by atoms with E-state index >= 15 is 0 Å². The highest BCUT2D eigenvalue weighted by atomic mass is 16.4. The number of carboxylic acids is 1. The van der Waals surface area contributed by atoms with Crippen LogP contribution in [-0.2, 0) is 4.79 Å². The maximum Gasteiger partial charge on any atom is 0.303 e. The first-order valence-corrected chi connectivity index (χ1v) is 6.49. The molecule has 1 aliphatic rings. The van der Waals surface area contributed by atoms with Crippen LogP contribution >= 0.6 is 0 Å². The van der Waals surface area contributed by atoms with Crippen LogP contribution in [0.5, 0.6) is 0 Å². The topological polar surface area (TPSA) is 49.3 Å². The molecule has 0 spiro atoms. The molecular formula is C13H25NO2. The van der Waals surface area contributed by atoms with Crippen molar-refractivity contribution in [3.8, 4) is 0 Å². The lowest BCUT2D eigenvalue weighted by molar-refractivity contribution is -0.137. The van der Waals surface area contributed by atoms with Crippen LogP contribution in [-0.4, -0.2) is 22.7 Å². The van der Waals surface area contributed by atoms with E-state index in [9.17, 15) is 4.79 Å². The van der Waals surface area contributed by atoms with Gasteiger partial charge in [0.2, 0.25) is 0 Å². The molecule has 16 heavy (non-hydrogen) atoms. The van der Waals surface area contributed by atoms with Crippen molar-refractivity contribution in [1.29, 1.82) is 0 Å². The van der Waals surface area contributed by atoms with Crippen molar-refractivity contribution < 1.29 is 9.90 Å². The first-order valence-electron chi connectivity index (χ1n) is 6.49. The fourth-order valence-electron chi connectivity index (χ4n) is 2.47. The summed E-state index contributed by atoms with van der Waals surface area (Å²) in [4.78, 5) is 10.6. The predicted molar refractivity (Wildman–Crippen MR) is 65.6 cm³/mol. The van der Waals surface area contributed by atoms with E-state index in [0.717, 1.165) is 0 Å². The van der Waals surface area contributed by atoms with Crippen molar-refractivity contribution in [2.24, 2.45) is 0 Å². The van der Waals surface area contributed by atoms with Gasteiger partial charge >= 0.3 is 5.97 Å². The molecule has 0 unspecified atom stereocenters. The van der Waals surface area contributed by atoms with Gasteiger partial charge in [0.05, 0.1) is 0 Å². The third-order valence-corrected chi connectivity index (χ3v) is 3.41. The standard InChI is InChI=1S/C13H25NO2/c1-13(2,10-9-12(15)16)14-11-7-5-3-4-6-8-11/h11,14H,3-10H2,1-2H3,(H,15,16). The van der Waals surface area contributed by atoms with Gasteiger partial charge in [0.25, 0.3) is 0 Å². The SMILES string of the molecule is CC(C)(CCC(=O)O)NC1CCCCCC1. The van der Waals surface area contributed by atoms with Crippen molar-refractivity contribution in [2.45, 2.75) is 76.8 Å².